The Hall–Kier alpha value is -1.93. The van der Waals surface area contributed by atoms with Crippen molar-refractivity contribution in [2.75, 3.05) is 13.6 Å². The van der Waals surface area contributed by atoms with Gasteiger partial charge in [-0.05, 0) is 46.9 Å². The Balaban J connectivity index is 1.97. The van der Waals surface area contributed by atoms with Crippen LogP contribution in [0.15, 0.2) is 55.1 Å². The van der Waals surface area contributed by atoms with Crippen molar-refractivity contribution in [2.24, 2.45) is 0 Å². The number of nitrogens with zero attached hydrogens (tertiary/aromatic N) is 1. The SMILES string of the molecule is C=C(CN(C)Cc1ccc(C(C)(C)C)cc1)c1cccc(F)c1. The first kappa shape index (κ1) is 17.4. The molecule has 0 saturated carbocycles. The summed E-state index contributed by atoms with van der Waals surface area (Å²) in [5.74, 6) is -0.218. The predicted octanol–water partition coefficient (Wildman–Crippen LogP) is 5.27. The molecule has 0 radical (unpaired) electrons. The van der Waals surface area contributed by atoms with Gasteiger partial charge in [-0.1, -0.05) is 63.7 Å². The van der Waals surface area contributed by atoms with Crippen molar-refractivity contribution < 1.29 is 4.39 Å². The predicted molar refractivity (Wildman–Crippen MR) is 96.9 cm³/mol. The van der Waals surface area contributed by atoms with Gasteiger partial charge in [-0.15, -0.1) is 0 Å². The molecule has 0 fully saturated rings. The van der Waals surface area contributed by atoms with E-state index in [1.807, 2.05) is 6.07 Å². The third-order valence-corrected chi connectivity index (χ3v) is 3.97. The summed E-state index contributed by atoms with van der Waals surface area (Å²) in [4.78, 5) is 2.19. The summed E-state index contributed by atoms with van der Waals surface area (Å²) in [7, 11) is 2.06. The molecule has 2 heteroatoms. The van der Waals surface area contributed by atoms with Crippen LogP contribution in [0.3, 0.4) is 0 Å². The molecule has 0 aliphatic carbocycles. The molecule has 0 saturated heterocycles. The van der Waals surface area contributed by atoms with E-state index in [1.165, 1.54) is 23.3 Å². The molecule has 0 aliphatic heterocycles. The van der Waals surface area contributed by atoms with E-state index < -0.39 is 0 Å². The third kappa shape index (κ3) is 5.04. The highest BCUT2D eigenvalue weighted by atomic mass is 19.1. The zero-order valence-electron chi connectivity index (χ0n) is 14.6. The van der Waals surface area contributed by atoms with Crippen LogP contribution in [0.4, 0.5) is 4.39 Å². The molecule has 0 atom stereocenters. The zero-order valence-corrected chi connectivity index (χ0v) is 14.6. The van der Waals surface area contributed by atoms with Crippen molar-refractivity contribution in [3.63, 3.8) is 0 Å². The van der Waals surface area contributed by atoms with Crippen molar-refractivity contribution in [1.29, 1.82) is 0 Å². The molecule has 0 N–H and O–H groups in total. The molecule has 23 heavy (non-hydrogen) atoms. The maximum Gasteiger partial charge on any atom is 0.123 e. The second-order valence-electron chi connectivity index (χ2n) is 7.23. The van der Waals surface area contributed by atoms with E-state index in [1.54, 1.807) is 6.07 Å². The fraction of sp³-hybridized carbons (Fsp3) is 0.333. The third-order valence-electron chi connectivity index (χ3n) is 3.97. The number of hydrogen-bond acceptors (Lipinski definition) is 1. The van der Waals surface area contributed by atoms with E-state index in [4.69, 9.17) is 0 Å². The summed E-state index contributed by atoms with van der Waals surface area (Å²) in [5.41, 5.74) is 4.58. The lowest BCUT2D eigenvalue weighted by Crippen LogP contribution is -2.20. The molecule has 1 nitrogen and oxygen atoms in total. The van der Waals surface area contributed by atoms with Gasteiger partial charge in [-0.25, -0.2) is 4.39 Å². The standard InChI is InChI=1S/C21H26FN/c1-16(18-7-6-8-20(22)13-18)14-23(5)15-17-9-11-19(12-10-17)21(2,3)4/h6-13H,1,14-15H2,2-5H3. The molecule has 2 aromatic carbocycles. The van der Waals surface area contributed by atoms with Crippen LogP contribution in [0, 0.1) is 5.82 Å². The Labute approximate surface area is 139 Å². The second-order valence-corrected chi connectivity index (χ2v) is 7.23. The van der Waals surface area contributed by atoms with Crippen LogP contribution in [0.1, 0.15) is 37.5 Å². The van der Waals surface area contributed by atoms with Crippen molar-refractivity contribution in [1.82, 2.24) is 4.90 Å². The molecule has 2 rings (SSSR count). The van der Waals surface area contributed by atoms with E-state index in [0.717, 1.165) is 17.7 Å². The highest BCUT2D eigenvalue weighted by molar-refractivity contribution is 5.64. The molecule has 0 heterocycles. The van der Waals surface area contributed by atoms with Crippen LogP contribution in [0.2, 0.25) is 0 Å². The van der Waals surface area contributed by atoms with Gasteiger partial charge in [0.2, 0.25) is 0 Å². The summed E-state index contributed by atoms with van der Waals surface area (Å²) < 4.78 is 13.3. The number of hydrogen-bond donors (Lipinski definition) is 0. The minimum Gasteiger partial charge on any atom is -0.298 e. The molecule has 122 valence electrons. The lowest BCUT2D eigenvalue weighted by Gasteiger charge is -2.21. The lowest BCUT2D eigenvalue weighted by molar-refractivity contribution is 0.369. The molecule has 0 amide bonds. The van der Waals surface area contributed by atoms with Gasteiger partial charge in [0.05, 0.1) is 0 Å². The van der Waals surface area contributed by atoms with Gasteiger partial charge in [0.15, 0.2) is 0 Å². The number of rotatable bonds is 5. The van der Waals surface area contributed by atoms with Crippen LogP contribution >= 0.6 is 0 Å². The summed E-state index contributed by atoms with van der Waals surface area (Å²) in [6, 6.07) is 15.4. The van der Waals surface area contributed by atoms with Crippen LogP contribution < -0.4 is 0 Å². The van der Waals surface area contributed by atoms with Gasteiger partial charge in [-0.2, -0.15) is 0 Å². The fourth-order valence-corrected chi connectivity index (χ4v) is 2.60. The van der Waals surface area contributed by atoms with Crippen LogP contribution in [-0.2, 0) is 12.0 Å². The molecule has 2 aromatic rings. The summed E-state index contributed by atoms with van der Waals surface area (Å²) in [5, 5.41) is 0. The topological polar surface area (TPSA) is 3.24 Å². The Kier molecular flexibility index (Phi) is 5.38. The maximum absolute atomic E-state index is 13.3. The maximum atomic E-state index is 13.3. The summed E-state index contributed by atoms with van der Waals surface area (Å²) >= 11 is 0. The Morgan fingerprint density at radius 2 is 1.74 bits per heavy atom. The van der Waals surface area contributed by atoms with Crippen molar-refractivity contribution in [3.05, 3.63) is 77.6 Å². The second kappa shape index (κ2) is 7.10. The van der Waals surface area contributed by atoms with Gasteiger partial charge in [-0.3, -0.25) is 4.90 Å². The van der Waals surface area contributed by atoms with Crippen LogP contribution in [-0.4, -0.2) is 18.5 Å². The van der Waals surface area contributed by atoms with Crippen LogP contribution in [0.25, 0.3) is 5.57 Å². The lowest BCUT2D eigenvalue weighted by atomic mass is 9.87. The summed E-state index contributed by atoms with van der Waals surface area (Å²) in [6.07, 6.45) is 0. The Morgan fingerprint density at radius 1 is 1.09 bits per heavy atom. The average molecular weight is 311 g/mol. The average Bonchev–Trinajstić information content (AvgIpc) is 2.46. The summed E-state index contributed by atoms with van der Waals surface area (Å²) in [6.45, 7) is 12.3. The molecule has 0 bridgehead atoms. The zero-order chi connectivity index (χ0) is 17.0. The largest absolute Gasteiger partial charge is 0.298 e. The minimum atomic E-state index is -0.218. The quantitative estimate of drug-likeness (QED) is 0.727. The minimum absolute atomic E-state index is 0.177. The first-order chi connectivity index (χ1) is 10.8. The molecule has 0 spiro atoms. The number of likely N-dealkylation sites (N-methyl/N-ethyl adjacent to an activating group) is 1. The molecular formula is C21H26FN. The molecular weight excluding hydrogens is 285 g/mol. The first-order valence-corrected chi connectivity index (χ1v) is 7.97. The highest BCUT2D eigenvalue weighted by Gasteiger charge is 2.13. The molecule has 0 aliphatic rings. The highest BCUT2D eigenvalue weighted by Crippen LogP contribution is 2.22. The van der Waals surface area contributed by atoms with Crippen molar-refractivity contribution >= 4 is 5.57 Å². The van der Waals surface area contributed by atoms with E-state index >= 15 is 0 Å². The normalized spacial score (nSPS) is 11.7. The van der Waals surface area contributed by atoms with Gasteiger partial charge in [0.1, 0.15) is 5.82 Å². The fourth-order valence-electron chi connectivity index (χ4n) is 2.60. The number of halogens is 1. The van der Waals surface area contributed by atoms with E-state index in [2.05, 4.69) is 63.6 Å². The first-order valence-electron chi connectivity index (χ1n) is 7.97. The van der Waals surface area contributed by atoms with Gasteiger partial charge in [0, 0.05) is 13.1 Å². The van der Waals surface area contributed by atoms with Gasteiger partial charge in [0.25, 0.3) is 0 Å². The number of benzene rings is 2. The van der Waals surface area contributed by atoms with Gasteiger partial charge < -0.3 is 0 Å². The van der Waals surface area contributed by atoms with E-state index in [0.29, 0.717) is 6.54 Å². The smallest absolute Gasteiger partial charge is 0.123 e. The van der Waals surface area contributed by atoms with E-state index in [9.17, 15) is 4.39 Å². The Bertz CT molecular complexity index is 665. The van der Waals surface area contributed by atoms with E-state index in [-0.39, 0.29) is 11.2 Å². The Morgan fingerprint density at radius 3 is 2.30 bits per heavy atom. The van der Waals surface area contributed by atoms with Crippen molar-refractivity contribution in [3.8, 4) is 0 Å². The molecule has 0 unspecified atom stereocenters. The molecule has 0 aromatic heterocycles. The monoisotopic (exact) mass is 311 g/mol. The van der Waals surface area contributed by atoms with Gasteiger partial charge >= 0.3 is 0 Å². The van der Waals surface area contributed by atoms with Crippen LogP contribution in [0.5, 0.6) is 0 Å². The van der Waals surface area contributed by atoms with Crippen molar-refractivity contribution in [2.45, 2.75) is 32.7 Å².